The zero-order valence-corrected chi connectivity index (χ0v) is 9.24. The van der Waals surface area contributed by atoms with Gasteiger partial charge in [0.15, 0.2) is 0 Å². The first kappa shape index (κ1) is 12.0. The van der Waals surface area contributed by atoms with Gasteiger partial charge in [-0.1, -0.05) is 12.1 Å². The minimum atomic E-state index is -2.41. The molecule has 0 aliphatic rings. The molecule has 0 amide bonds. The predicted octanol–water partition coefficient (Wildman–Crippen LogP) is 0.305. The fraction of sp³-hybridized carbons (Fsp3) is 0.400. The Balaban J connectivity index is 2.78. The molecule has 0 unspecified atom stereocenters. The van der Waals surface area contributed by atoms with Gasteiger partial charge in [0.25, 0.3) is 0 Å². The maximum atomic E-state index is 10.5. The summed E-state index contributed by atoms with van der Waals surface area (Å²) in [5.74, 6) is 0.0276. The summed E-state index contributed by atoms with van der Waals surface area (Å²) in [4.78, 5) is 0. The van der Waals surface area contributed by atoms with Crippen LogP contribution in [0.1, 0.15) is 17.5 Å². The van der Waals surface area contributed by atoms with Crippen molar-refractivity contribution in [1.29, 1.82) is 0 Å². The highest BCUT2D eigenvalue weighted by Gasteiger charge is 2.01. The molecule has 0 fully saturated rings. The molecule has 0 aliphatic carbocycles. The molecule has 1 rings (SSSR count). The van der Waals surface area contributed by atoms with E-state index in [1.165, 1.54) is 0 Å². The monoisotopic (exact) mass is 229 g/mol. The van der Waals surface area contributed by atoms with E-state index in [2.05, 4.69) is 0 Å². The number of nitrogens with two attached hydrogens (primary N) is 1. The summed E-state index contributed by atoms with van der Waals surface area (Å²) in [6, 6.07) is 5.26. The van der Waals surface area contributed by atoms with E-state index in [1.807, 2.05) is 6.07 Å². The number of thiol groups is 1. The van der Waals surface area contributed by atoms with E-state index in [-0.39, 0.29) is 12.4 Å². The van der Waals surface area contributed by atoms with Gasteiger partial charge >= 0.3 is 0 Å². The van der Waals surface area contributed by atoms with E-state index in [0.717, 1.165) is 5.56 Å². The lowest BCUT2D eigenvalue weighted by Crippen LogP contribution is -1.98. The average Bonchev–Trinajstić information content (AvgIpc) is 2.15. The molecule has 0 aromatic heterocycles. The van der Waals surface area contributed by atoms with Crippen LogP contribution < -0.4 is 5.73 Å². The Kier molecular flexibility index (Phi) is 4.58. The highest BCUT2D eigenvalue weighted by molar-refractivity contribution is 7.71. The van der Waals surface area contributed by atoms with Crippen molar-refractivity contribution >= 4 is 16.4 Å². The van der Waals surface area contributed by atoms with Crippen LogP contribution in [0.15, 0.2) is 18.2 Å². The van der Waals surface area contributed by atoms with Crippen LogP contribution in [-0.2, 0) is 22.9 Å². The van der Waals surface area contributed by atoms with E-state index < -0.39 is 10.7 Å². The summed E-state index contributed by atoms with van der Waals surface area (Å²) in [6.07, 6.45) is 1.38. The highest BCUT2D eigenvalue weighted by Crippen LogP contribution is 2.16. The van der Waals surface area contributed by atoms with Crippen molar-refractivity contribution in [3.63, 3.8) is 0 Å². The third kappa shape index (κ3) is 3.89. The standard InChI is InChI=1S/C10H15NO3S/c11-10-6-8(7-15(13)14)3-4-9(10)2-1-5-12/h3-4,6,12,15H,1-2,5,7,11H2. The summed E-state index contributed by atoms with van der Waals surface area (Å²) < 4.78 is 21.0. The number of aliphatic hydroxyl groups excluding tert-OH is 1. The number of aliphatic hydroxyl groups is 1. The lowest BCUT2D eigenvalue weighted by atomic mass is 10.1. The molecule has 0 saturated heterocycles. The molecular formula is C10H15NO3S. The minimum Gasteiger partial charge on any atom is -0.398 e. The van der Waals surface area contributed by atoms with Crippen molar-refractivity contribution in [2.24, 2.45) is 0 Å². The van der Waals surface area contributed by atoms with Crippen molar-refractivity contribution in [1.82, 2.24) is 0 Å². The van der Waals surface area contributed by atoms with Crippen LogP contribution in [0.5, 0.6) is 0 Å². The molecule has 84 valence electrons. The van der Waals surface area contributed by atoms with Gasteiger partial charge < -0.3 is 10.8 Å². The molecule has 1 aromatic rings. The van der Waals surface area contributed by atoms with Gasteiger partial charge in [0.1, 0.15) is 10.7 Å². The van der Waals surface area contributed by atoms with Crippen LogP contribution in [0.2, 0.25) is 0 Å². The first-order chi connectivity index (χ1) is 7.13. The number of aryl methyl sites for hydroxylation is 1. The van der Waals surface area contributed by atoms with Gasteiger partial charge in [0.05, 0.1) is 5.75 Å². The zero-order valence-electron chi connectivity index (χ0n) is 8.35. The van der Waals surface area contributed by atoms with Crippen molar-refractivity contribution < 1.29 is 13.5 Å². The zero-order chi connectivity index (χ0) is 11.3. The van der Waals surface area contributed by atoms with Gasteiger partial charge in [-0.05, 0) is 30.0 Å². The third-order valence-electron chi connectivity index (χ3n) is 2.13. The molecule has 0 bridgehead atoms. The van der Waals surface area contributed by atoms with Crippen LogP contribution in [0.25, 0.3) is 0 Å². The molecule has 5 heteroatoms. The number of hydrogen-bond donors (Lipinski definition) is 3. The van der Waals surface area contributed by atoms with Gasteiger partial charge in [-0.2, -0.15) is 0 Å². The topological polar surface area (TPSA) is 80.4 Å². The van der Waals surface area contributed by atoms with Gasteiger partial charge in [-0.3, -0.25) is 0 Å². The fourth-order valence-corrected chi connectivity index (χ4v) is 1.88. The van der Waals surface area contributed by atoms with E-state index in [0.29, 0.717) is 24.1 Å². The number of anilines is 1. The van der Waals surface area contributed by atoms with Crippen LogP contribution in [0, 0.1) is 0 Å². The fourth-order valence-electron chi connectivity index (χ4n) is 1.39. The molecule has 3 N–H and O–H groups in total. The Hall–Kier alpha value is -1.07. The quantitative estimate of drug-likeness (QED) is 0.501. The molecule has 0 heterocycles. The van der Waals surface area contributed by atoms with Crippen molar-refractivity contribution in [3.05, 3.63) is 29.3 Å². The van der Waals surface area contributed by atoms with Gasteiger partial charge in [0.2, 0.25) is 0 Å². The third-order valence-corrected chi connectivity index (χ3v) is 2.75. The smallest absolute Gasteiger partial charge is 0.144 e. The van der Waals surface area contributed by atoms with Crippen LogP contribution in [-0.4, -0.2) is 20.1 Å². The average molecular weight is 229 g/mol. The molecule has 0 atom stereocenters. The lowest BCUT2D eigenvalue weighted by Gasteiger charge is -2.06. The number of nitrogen functional groups attached to an aromatic ring is 1. The number of benzene rings is 1. The van der Waals surface area contributed by atoms with Gasteiger partial charge in [-0.25, -0.2) is 8.42 Å². The number of hydrogen-bond acceptors (Lipinski definition) is 4. The second kappa shape index (κ2) is 5.72. The number of rotatable bonds is 5. The van der Waals surface area contributed by atoms with Crippen molar-refractivity contribution in [3.8, 4) is 0 Å². The Morgan fingerprint density at radius 1 is 1.33 bits per heavy atom. The van der Waals surface area contributed by atoms with E-state index in [9.17, 15) is 8.42 Å². The SMILES string of the molecule is Nc1cc(C[SH](=O)=O)ccc1CCCO. The Morgan fingerprint density at radius 3 is 2.60 bits per heavy atom. The lowest BCUT2D eigenvalue weighted by molar-refractivity contribution is 0.288. The highest BCUT2D eigenvalue weighted by atomic mass is 32.2. The molecule has 1 aromatic carbocycles. The second-order valence-electron chi connectivity index (χ2n) is 3.35. The summed E-state index contributed by atoms with van der Waals surface area (Å²) in [6.45, 7) is 0.133. The Morgan fingerprint density at radius 2 is 2.07 bits per heavy atom. The second-order valence-corrected chi connectivity index (χ2v) is 4.33. The molecular weight excluding hydrogens is 214 g/mol. The van der Waals surface area contributed by atoms with E-state index in [1.54, 1.807) is 12.1 Å². The molecule has 0 aliphatic heterocycles. The van der Waals surface area contributed by atoms with Crippen molar-refractivity contribution in [2.45, 2.75) is 18.6 Å². The van der Waals surface area contributed by atoms with Crippen LogP contribution >= 0.6 is 0 Å². The Bertz CT molecular complexity index is 394. The molecule has 0 spiro atoms. The van der Waals surface area contributed by atoms with Gasteiger partial charge in [0, 0.05) is 12.3 Å². The first-order valence-corrected chi connectivity index (χ1v) is 6.09. The first-order valence-electron chi connectivity index (χ1n) is 4.73. The Labute approximate surface area is 90.7 Å². The molecule has 15 heavy (non-hydrogen) atoms. The summed E-state index contributed by atoms with van der Waals surface area (Å²) in [5, 5.41) is 8.67. The van der Waals surface area contributed by atoms with Crippen molar-refractivity contribution in [2.75, 3.05) is 12.3 Å². The van der Waals surface area contributed by atoms with E-state index >= 15 is 0 Å². The molecule has 0 radical (unpaired) electrons. The normalized spacial score (nSPS) is 10.8. The largest absolute Gasteiger partial charge is 0.398 e. The maximum absolute atomic E-state index is 10.5. The van der Waals surface area contributed by atoms with Crippen LogP contribution in [0.3, 0.4) is 0 Å². The summed E-state index contributed by atoms with van der Waals surface area (Å²) in [7, 11) is -2.41. The molecule has 0 saturated carbocycles. The minimum absolute atomic E-state index is 0.0276. The predicted molar refractivity (Wildman–Crippen MR) is 60.3 cm³/mol. The summed E-state index contributed by atoms with van der Waals surface area (Å²) in [5.41, 5.74) is 8.01. The van der Waals surface area contributed by atoms with Crippen LogP contribution in [0.4, 0.5) is 5.69 Å². The van der Waals surface area contributed by atoms with E-state index in [4.69, 9.17) is 10.8 Å². The summed E-state index contributed by atoms with van der Waals surface area (Å²) >= 11 is 0. The maximum Gasteiger partial charge on any atom is 0.144 e. The van der Waals surface area contributed by atoms with Gasteiger partial charge in [-0.15, -0.1) is 0 Å². The molecule has 4 nitrogen and oxygen atoms in total.